The molecule has 0 aliphatic heterocycles. The van der Waals surface area contributed by atoms with E-state index in [-0.39, 0.29) is 10.8 Å². The number of hydrogen-bond donors (Lipinski definition) is 0. The molecule has 1 heterocycles. The van der Waals surface area contributed by atoms with Gasteiger partial charge < -0.3 is 4.74 Å². The highest BCUT2D eigenvalue weighted by Gasteiger charge is 2.30. The second-order valence-corrected chi connectivity index (χ2v) is 6.31. The summed E-state index contributed by atoms with van der Waals surface area (Å²) in [7, 11) is 1.77. The predicted octanol–water partition coefficient (Wildman–Crippen LogP) is 6.27. The SMILES string of the molecule is CC.CCC(C)(CC)c1cc(OC)c(C(C)(CC)CC)cn1. The minimum Gasteiger partial charge on any atom is -0.496 e. The molecule has 0 unspecified atom stereocenters. The van der Waals surface area contributed by atoms with Crippen LogP contribution in [-0.2, 0) is 10.8 Å². The van der Waals surface area contributed by atoms with Crippen molar-refractivity contribution in [3.8, 4) is 5.75 Å². The first-order valence-corrected chi connectivity index (χ1v) is 8.95. The maximum atomic E-state index is 5.68. The molecule has 0 aliphatic carbocycles. The Balaban J connectivity index is 0.00000211. The third-order valence-electron chi connectivity index (χ3n) is 5.48. The Hall–Kier alpha value is -1.05. The van der Waals surface area contributed by atoms with Gasteiger partial charge in [0.25, 0.3) is 0 Å². The van der Waals surface area contributed by atoms with Crippen molar-refractivity contribution in [1.29, 1.82) is 0 Å². The van der Waals surface area contributed by atoms with Crippen molar-refractivity contribution in [1.82, 2.24) is 4.98 Å². The van der Waals surface area contributed by atoms with E-state index >= 15 is 0 Å². The fourth-order valence-electron chi connectivity index (χ4n) is 2.63. The van der Waals surface area contributed by atoms with Gasteiger partial charge in [-0.05, 0) is 31.1 Å². The quantitative estimate of drug-likeness (QED) is 0.592. The van der Waals surface area contributed by atoms with Gasteiger partial charge in [-0.15, -0.1) is 0 Å². The average Bonchev–Trinajstić information content (AvgIpc) is 2.61. The Morgan fingerprint density at radius 2 is 1.36 bits per heavy atom. The highest BCUT2D eigenvalue weighted by Crippen LogP contribution is 2.39. The Bertz CT molecular complexity index is 431. The lowest BCUT2D eigenvalue weighted by molar-refractivity contribution is 0.365. The molecule has 0 fully saturated rings. The lowest BCUT2D eigenvalue weighted by Gasteiger charge is -2.31. The molecular weight excluding hydrogens is 270 g/mol. The molecule has 0 saturated heterocycles. The van der Waals surface area contributed by atoms with Crippen LogP contribution in [0.1, 0.15) is 92.3 Å². The van der Waals surface area contributed by atoms with Crippen LogP contribution in [0.2, 0.25) is 0 Å². The molecule has 0 bridgehead atoms. The van der Waals surface area contributed by atoms with Gasteiger partial charge in [-0.2, -0.15) is 0 Å². The second-order valence-electron chi connectivity index (χ2n) is 6.31. The van der Waals surface area contributed by atoms with Crippen LogP contribution in [0.5, 0.6) is 5.75 Å². The molecule has 2 heteroatoms. The fraction of sp³-hybridized carbons (Fsp3) is 0.750. The minimum atomic E-state index is 0.140. The number of rotatable bonds is 7. The zero-order chi connectivity index (χ0) is 17.4. The zero-order valence-corrected chi connectivity index (χ0v) is 16.3. The van der Waals surface area contributed by atoms with E-state index in [0.717, 1.165) is 37.1 Å². The molecular formula is C20H37NO. The Labute approximate surface area is 138 Å². The van der Waals surface area contributed by atoms with Gasteiger partial charge in [0.15, 0.2) is 0 Å². The molecule has 0 aliphatic rings. The van der Waals surface area contributed by atoms with Crippen molar-refractivity contribution in [2.45, 2.75) is 91.9 Å². The van der Waals surface area contributed by atoms with Crippen LogP contribution in [0.15, 0.2) is 12.3 Å². The van der Waals surface area contributed by atoms with Gasteiger partial charge in [-0.25, -0.2) is 0 Å². The molecule has 0 spiro atoms. The van der Waals surface area contributed by atoms with Crippen LogP contribution < -0.4 is 4.74 Å². The molecule has 22 heavy (non-hydrogen) atoms. The summed E-state index contributed by atoms with van der Waals surface area (Å²) in [6, 6.07) is 2.16. The van der Waals surface area contributed by atoms with Crippen LogP contribution in [0.3, 0.4) is 0 Å². The summed E-state index contributed by atoms with van der Waals surface area (Å²) in [5.74, 6) is 0.995. The molecule has 0 aromatic carbocycles. The summed E-state index contributed by atoms with van der Waals surface area (Å²) < 4.78 is 5.68. The Kier molecular flexibility index (Phi) is 8.73. The number of methoxy groups -OCH3 is 1. The van der Waals surface area contributed by atoms with Crippen molar-refractivity contribution in [3.63, 3.8) is 0 Å². The van der Waals surface area contributed by atoms with Crippen molar-refractivity contribution >= 4 is 0 Å². The van der Waals surface area contributed by atoms with Crippen molar-refractivity contribution in [2.24, 2.45) is 0 Å². The van der Waals surface area contributed by atoms with E-state index in [2.05, 4.69) is 47.6 Å². The molecule has 1 rings (SSSR count). The summed E-state index contributed by atoms with van der Waals surface area (Å²) in [4.78, 5) is 4.78. The number of pyridine rings is 1. The standard InChI is InChI=1S/C18H31NO.C2H6/c1-8-17(5,9-2)14-13-19-16(12-15(14)20-7)18(6,10-3)11-4;1-2/h12-13H,8-11H2,1-7H3;1-2H3. The Morgan fingerprint density at radius 1 is 0.909 bits per heavy atom. The number of hydrogen-bond acceptors (Lipinski definition) is 2. The van der Waals surface area contributed by atoms with Crippen LogP contribution in [0, 0.1) is 0 Å². The van der Waals surface area contributed by atoms with Gasteiger partial charge in [0.05, 0.1) is 7.11 Å². The summed E-state index contributed by atoms with van der Waals surface area (Å²) >= 11 is 0. The fourth-order valence-corrected chi connectivity index (χ4v) is 2.63. The van der Waals surface area contributed by atoms with Crippen LogP contribution in [-0.4, -0.2) is 12.1 Å². The maximum Gasteiger partial charge on any atom is 0.125 e. The monoisotopic (exact) mass is 307 g/mol. The normalized spacial score (nSPS) is 11.7. The van der Waals surface area contributed by atoms with Crippen LogP contribution >= 0.6 is 0 Å². The summed E-state index contributed by atoms with van der Waals surface area (Å²) in [5, 5.41) is 0. The smallest absolute Gasteiger partial charge is 0.125 e. The predicted molar refractivity (Wildman–Crippen MR) is 98.0 cm³/mol. The molecule has 1 aromatic heterocycles. The van der Waals surface area contributed by atoms with Crippen LogP contribution in [0.25, 0.3) is 0 Å². The van der Waals surface area contributed by atoms with E-state index in [9.17, 15) is 0 Å². The minimum absolute atomic E-state index is 0.140. The maximum absolute atomic E-state index is 5.68. The molecule has 1 aromatic rings. The molecule has 0 atom stereocenters. The van der Waals surface area contributed by atoms with Crippen molar-refractivity contribution in [3.05, 3.63) is 23.5 Å². The Morgan fingerprint density at radius 3 is 1.73 bits per heavy atom. The third-order valence-corrected chi connectivity index (χ3v) is 5.48. The van der Waals surface area contributed by atoms with E-state index in [1.165, 1.54) is 5.56 Å². The largest absolute Gasteiger partial charge is 0.496 e. The number of nitrogens with zero attached hydrogens (tertiary/aromatic N) is 1. The zero-order valence-electron chi connectivity index (χ0n) is 16.3. The molecule has 0 N–H and O–H groups in total. The molecule has 128 valence electrons. The lowest BCUT2D eigenvalue weighted by atomic mass is 9.76. The first-order chi connectivity index (χ1) is 10.4. The highest BCUT2D eigenvalue weighted by molar-refractivity contribution is 5.40. The number of ether oxygens (including phenoxy) is 1. The van der Waals surface area contributed by atoms with Gasteiger partial charge >= 0.3 is 0 Å². The average molecular weight is 308 g/mol. The molecule has 0 amide bonds. The molecule has 2 nitrogen and oxygen atoms in total. The molecule has 0 radical (unpaired) electrons. The van der Waals surface area contributed by atoms with Gasteiger partial charge in [-0.1, -0.05) is 55.4 Å². The van der Waals surface area contributed by atoms with Crippen molar-refractivity contribution in [2.75, 3.05) is 7.11 Å². The van der Waals surface area contributed by atoms with Gasteiger partial charge in [0.1, 0.15) is 5.75 Å². The van der Waals surface area contributed by atoms with E-state index in [0.29, 0.717) is 0 Å². The summed E-state index contributed by atoms with van der Waals surface area (Å²) in [6.07, 6.45) is 6.43. The van der Waals surface area contributed by atoms with Crippen molar-refractivity contribution < 1.29 is 4.74 Å². The summed E-state index contributed by atoms with van der Waals surface area (Å²) in [5.41, 5.74) is 2.67. The second kappa shape index (κ2) is 9.17. The van der Waals surface area contributed by atoms with E-state index in [1.54, 1.807) is 7.11 Å². The summed E-state index contributed by atoms with van der Waals surface area (Å²) in [6.45, 7) is 17.5. The van der Waals surface area contributed by atoms with E-state index < -0.39 is 0 Å². The van der Waals surface area contributed by atoms with Crippen LogP contribution in [0.4, 0.5) is 0 Å². The topological polar surface area (TPSA) is 22.1 Å². The highest BCUT2D eigenvalue weighted by atomic mass is 16.5. The molecule has 0 saturated carbocycles. The third kappa shape index (κ3) is 4.24. The first-order valence-electron chi connectivity index (χ1n) is 8.95. The van der Waals surface area contributed by atoms with E-state index in [1.807, 2.05) is 20.0 Å². The lowest BCUT2D eigenvalue weighted by Crippen LogP contribution is -2.24. The van der Waals surface area contributed by atoms with Gasteiger partial charge in [-0.3, -0.25) is 4.98 Å². The first kappa shape index (κ1) is 20.9. The van der Waals surface area contributed by atoms with Gasteiger partial charge in [0, 0.05) is 28.9 Å². The number of aromatic nitrogens is 1. The van der Waals surface area contributed by atoms with Gasteiger partial charge in [0.2, 0.25) is 0 Å². The van der Waals surface area contributed by atoms with E-state index in [4.69, 9.17) is 9.72 Å².